The fourth-order valence-corrected chi connectivity index (χ4v) is 1.07. The van der Waals surface area contributed by atoms with Crippen molar-refractivity contribution in [2.75, 3.05) is 0 Å². The molecule has 0 fully saturated rings. The Morgan fingerprint density at radius 3 is 2.73 bits per heavy atom. The summed E-state index contributed by atoms with van der Waals surface area (Å²) in [5.74, 6) is -0.446. The summed E-state index contributed by atoms with van der Waals surface area (Å²) in [6, 6.07) is 3.05. The minimum atomic E-state index is -0.446. The first-order chi connectivity index (χ1) is 5.16. The highest BCUT2D eigenvalue weighted by atomic mass is 35.5. The van der Waals surface area contributed by atoms with Gasteiger partial charge in [0.2, 0.25) is 0 Å². The molecule has 1 rings (SSSR count). The highest BCUT2D eigenvalue weighted by Gasteiger charge is 2.06. The van der Waals surface area contributed by atoms with Gasteiger partial charge in [-0.1, -0.05) is 17.7 Å². The number of rotatable bonds is 1. The van der Waals surface area contributed by atoms with Gasteiger partial charge in [0.25, 0.3) is 0 Å². The lowest BCUT2D eigenvalue weighted by atomic mass is 10.1. The predicted octanol–water partition coefficient (Wildman–Crippen LogP) is 2.28. The molecule has 0 aliphatic heterocycles. The zero-order valence-corrected chi connectivity index (χ0v) is 6.82. The molecule has 1 N–H and O–H groups in total. The van der Waals surface area contributed by atoms with Crippen molar-refractivity contribution in [3.05, 3.63) is 34.1 Å². The predicted molar refractivity (Wildman–Crippen MR) is 42.1 cm³/mol. The third-order valence-electron chi connectivity index (χ3n) is 1.62. The molecule has 0 saturated carbocycles. The topological polar surface area (TPSA) is 20.2 Å². The molecule has 1 aromatic rings. The minimum Gasteiger partial charge on any atom is -0.392 e. The Hall–Kier alpha value is -0.600. The quantitative estimate of drug-likeness (QED) is 0.693. The maximum atomic E-state index is 12.9. The highest BCUT2D eigenvalue weighted by molar-refractivity contribution is 6.30. The summed E-state index contributed by atoms with van der Waals surface area (Å²) in [5.41, 5.74) is 0.993. The third-order valence-corrected chi connectivity index (χ3v) is 1.91. The Morgan fingerprint density at radius 2 is 2.18 bits per heavy atom. The Morgan fingerprint density at radius 1 is 1.55 bits per heavy atom. The van der Waals surface area contributed by atoms with Crippen LogP contribution in [0.15, 0.2) is 12.1 Å². The van der Waals surface area contributed by atoms with Gasteiger partial charge < -0.3 is 5.11 Å². The molecule has 0 bridgehead atoms. The fraction of sp³-hybridized carbons (Fsp3) is 0.250. The van der Waals surface area contributed by atoms with Crippen molar-refractivity contribution in [1.82, 2.24) is 0 Å². The second kappa shape index (κ2) is 3.20. The average molecular weight is 175 g/mol. The Kier molecular flexibility index (Phi) is 2.47. The van der Waals surface area contributed by atoms with E-state index in [1.54, 1.807) is 13.0 Å². The first-order valence-corrected chi connectivity index (χ1v) is 3.59. The van der Waals surface area contributed by atoms with E-state index >= 15 is 0 Å². The summed E-state index contributed by atoms with van der Waals surface area (Å²) in [6.45, 7) is 1.44. The van der Waals surface area contributed by atoms with E-state index < -0.39 is 5.82 Å². The maximum Gasteiger partial charge on any atom is 0.145 e. The minimum absolute atomic E-state index is 0.0969. The summed E-state index contributed by atoms with van der Waals surface area (Å²) < 4.78 is 12.9. The second-order valence-electron chi connectivity index (χ2n) is 2.30. The number of benzene rings is 1. The van der Waals surface area contributed by atoms with Gasteiger partial charge in [0.15, 0.2) is 0 Å². The highest BCUT2D eigenvalue weighted by Crippen LogP contribution is 2.20. The molecule has 0 aliphatic carbocycles. The van der Waals surface area contributed by atoms with Crippen LogP contribution < -0.4 is 0 Å². The van der Waals surface area contributed by atoms with Gasteiger partial charge >= 0.3 is 0 Å². The van der Waals surface area contributed by atoms with E-state index in [-0.39, 0.29) is 11.6 Å². The van der Waals surface area contributed by atoms with E-state index in [9.17, 15) is 4.39 Å². The van der Waals surface area contributed by atoms with E-state index in [1.165, 1.54) is 6.07 Å². The Bertz CT molecular complexity index is 273. The fourth-order valence-electron chi connectivity index (χ4n) is 0.863. The maximum absolute atomic E-state index is 12.9. The lowest BCUT2D eigenvalue weighted by Gasteiger charge is -2.03. The number of aliphatic hydroxyl groups is 1. The van der Waals surface area contributed by atoms with Crippen LogP contribution in [0.25, 0.3) is 0 Å². The standard InChI is InChI=1S/C8H8ClFO/c1-5-6(4-11)2-3-7(9)8(5)10/h2-3,11H,4H2,1H3. The van der Waals surface area contributed by atoms with Crippen molar-refractivity contribution in [1.29, 1.82) is 0 Å². The van der Waals surface area contributed by atoms with E-state index in [0.29, 0.717) is 11.1 Å². The number of hydrogen-bond acceptors (Lipinski definition) is 1. The van der Waals surface area contributed by atoms with Gasteiger partial charge in [-0.05, 0) is 24.1 Å². The van der Waals surface area contributed by atoms with Crippen molar-refractivity contribution < 1.29 is 9.50 Å². The van der Waals surface area contributed by atoms with Crippen LogP contribution in [0.3, 0.4) is 0 Å². The Balaban J connectivity index is 3.25. The summed E-state index contributed by atoms with van der Waals surface area (Å²) in [6.07, 6.45) is 0. The second-order valence-corrected chi connectivity index (χ2v) is 2.71. The SMILES string of the molecule is Cc1c(CO)ccc(Cl)c1F. The third kappa shape index (κ3) is 1.52. The molecule has 1 aromatic carbocycles. The van der Waals surface area contributed by atoms with Crippen LogP contribution in [0, 0.1) is 12.7 Å². The van der Waals surface area contributed by atoms with Crippen LogP contribution in [0.5, 0.6) is 0 Å². The molecule has 0 heterocycles. The van der Waals surface area contributed by atoms with Crippen LogP contribution in [0.4, 0.5) is 4.39 Å². The molecule has 0 unspecified atom stereocenters. The average Bonchev–Trinajstić information content (AvgIpc) is 2.01. The first kappa shape index (κ1) is 8.50. The van der Waals surface area contributed by atoms with E-state index in [4.69, 9.17) is 16.7 Å². The molecule has 0 radical (unpaired) electrons. The number of halogens is 2. The van der Waals surface area contributed by atoms with Crippen molar-refractivity contribution in [3.8, 4) is 0 Å². The molecular weight excluding hydrogens is 167 g/mol. The van der Waals surface area contributed by atoms with Gasteiger partial charge in [-0.25, -0.2) is 4.39 Å². The molecule has 0 spiro atoms. The zero-order chi connectivity index (χ0) is 8.43. The van der Waals surface area contributed by atoms with Gasteiger partial charge in [-0.2, -0.15) is 0 Å². The van der Waals surface area contributed by atoms with E-state index in [2.05, 4.69) is 0 Å². The lowest BCUT2D eigenvalue weighted by molar-refractivity contribution is 0.280. The molecule has 0 aliphatic rings. The van der Waals surface area contributed by atoms with Crippen LogP contribution in [-0.4, -0.2) is 5.11 Å². The van der Waals surface area contributed by atoms with Gasteiger partial charge in [0, 0.05) is 0 Å². The van der Waals surface area contributed by atoms with Crippen molar-refractivity contribution in [2.45, 2.75) is 13.5 Å². The smallest absolute Gasteiger partial charge is 0.145 e. The summed E-state index contributed by atoms with van der Waals surface area (Å²) in [7, 11) is 0. The molecule has 0 amide bonds. The monoisotopic (exact) mass is 174 g/mol. The summed E-state index contributed by atoms with van der Waals surface area (Å²) in [4.78, 5) is 0. The van der Waals surface area contributed by atoms with Gasteiger partial charge in [-0.3, -0.25) is 0 Å². The van der Waals surface area contributed by atoms with Crippen LogP contribution in [0.2, 0.25) is 5.02 Å². The number of hydrogen-bond donors (Lipinski definition) is 1. The molecule has 3 heteroatoms. The van der Waals surface area contributed by atoms with Crippen molar-refractivity contribution >= 4 is 11.6 Å². The van der Waals surface area contributed by atoms with Crippen molar-refractivity contribution in [3.63, 3.8) is 0 Å². The molecule has 0 saturated heterocycles. The normalized spacial score (nSPS) is 10.2. The van der Waals surface area contributed by atoms with Gasteiger partial charge in [-0.15, -0.1) is 0 Å². The van der Waals surface area contributed by atoms with E-state index in [1.807, 2.05) is 0 Å². The molecule has 60 valence electrons. The zero-order valence-electron chi connectivity index (χ0n) is 6.06. The van der Waals surface area contributed by atoms with Crippen molar-refractivity contribution in [2.24, 2.45) is 0 Å². The summed E-state index contributed by atoms with van der Waals surface area (Å²) in [5, 5.41) is 8.82. The van der Waals surface area contributed by atoms with Crippen LogP contribution >= 0.6 is 11.6 Å². The molecular formula is C8H8ClFO. The molecule has 0 aromatic heterocycles. The summed E-state index contributed by atoms with van der Waals surface area (Å²) >= 11 is 5.49. The van der Waals surface area contributed by atoms with Crippen LogP contribution in [-0.2, 0) is 6.61 Å². The van der Waals surface area contributed by atoms with Gasteiger partial charge in [0.05, 0.1) is 11.6 Å². The Labute approximate surface area is 69.4 Å². The van der Waals surface area contributed by atoms with Crippen LogP contribution in [0.1, 0.15) is 11.1 Å². The molecule has 1 nitrogen and oxygen atoms in total. The largest absolute Gasteiger partial charge is 0.392 e. The first-order valence-electron chi connectivity index (χ1n) is 3.21. The molecule has 11 heavy (non-hydrogen) atoms. The van der Waals surface area contributed by atoms with Gasteiger partial charge in [0.1, 0.15) is 5.82 Å². The lowest BCUT2D eigenvalue weighted by Crippen LogP contribution is -1.92. The van der Waals surface area contributed by atoms with E-state index in [0.717, 1.165) is 0 Å². The number of aliphatic hydroxyl groups excluding tert-OH is 1. The molecule has 0 atom stereocenters.